The van der Waals surface area contributed by atoms with Crippen LogP contribution in [0.15, 0.2) is 48.5 Å². The molecule has 2 aromatic carbocycles. The van der Waals surface area contributed by atoms with Gasteiger partial charge in [0.1, 0.15) is 5.82 Å². The highest BCUT2D eigenvalue weighted by molar-refractivity contribution is 6.31. The standard InChI is InChI=1S/C19H23ClFN3O/c1-3-24(4-2)18(14-9-5-6-10-15(14)20)13-22-19(25)23-17-12-8-7-11-16(17)21/h5-12,18H,3-4,13H2,1-2H3,(H2,22,23,25). The van der Waals surface area contributed by atoms with E-state index in [-0.39, 0.29) is 11.7 Å². The number of benzene rings is 2. The second kappa shape index (κ2) is 9.39. The van der Waals surface area contributed by atoms with Crippen LogP contribution in [-0.4, -0.2) is 30.6 Å². The molecule has 25 heavy (non-hydrogen) atoms. The molecule has 0 aliphatic heterocycles. The third-order valence-electron chi connectivity index (χ3n) is 4.10. The van der Waals surface area contributed by atoms with Gasteiger partial charge >= 0.3 is 6.03 Å². The van der Waals surface area contributed by atoms with Gasteiger partial charge in [-0.05, 0) is 36.9 Å². The Balaban J connectivity index is 2.08. The summed E-state index contributed by atoms with van der Waals surface area (Å²) in [6.07, 6.45) is 0. The van der Waals surface area contributed by atoms with Crippen molar-refractivity contribution in [3.05, 3.63) is 64.9 Å². The van der Waals surface area contributed by atoms with Gasteiger partial charge in [-0.1, -0.05) is 55.8 Å². The smallest absolute Gasteiger partial charge is 0.319 e. The Morgan fingerprint density at radius 2 is 1.76 bits per heavy atom. The first-order valence-electron chi connectivity index (χ1n) is 8.34. The number of carbonyl (C=O) groups excluding carboxylic acids is 1. The lowest BCUT2D eigenvalue weighted by Crippen LogP contribution is -2.39. The highest BCUT2D eigenvalue weighted by Crippen LogP contribution is 2.27. The Bertz CT molecular complexity index is 707. The topological polar surface area (TPSA) is 44.4 Å². The maximum absolute atomic E-state index is 13.6. The van der Waals surface area contributed by atoms with Crippen LogP contribution >= 0.6 is 11.6 Å². The van der Waals surface area contributed by atoms with Crippen molar-refractivity contribution in [1.82, 2.24) is 10.2 Å². The number of nitrogens with zero attached hydrogens (tertiary/aromatic N) is 1. The van der Waals surface area contributed by atoms with Crippen molar-refractivity contribution in [3.63, 3.8) is 0 Å². The Labute approximate surface area is 153 Å². The lowest BCUT2D eigenvalue weighted by atomic mass is 10.0. The number of hydrogen-bond donors (Lipinski definition) is 2. The Morgan fingerprint density at radius 3 is 2.40 bits per heavy atom. The van der Waals surface area contributed by atoms with Crippen LogP contribution in [0, 0.1) is 5.82 Å². The van der Waals surface area contributed by atoms with Gasteiger partial charge < -0.3 is 10.6 Å². The number of urea groups is 1. The zero-order valence-corrected chi connectivity index (χ0v) is 15.2. The van der Waals surface area contributed by atoms with Crippen LogP contribution in [0.4, 0.5) is 14.9 Å². The minimum atomic E-state index is -0.468. The number of likely N-dealkylation sites (N-methyl/N-ethyl adjacent to an activating group) is 1. The molecule has 6 heteroatoms. The predicted molar refractivity (Wildman–Crippen MR) is 101 cm³/mol. The van der Waals surface area contributed by atoms with Gasteiger partial charge in [-0.2, -0.15) is 0 Å². The van der Waals surface area contributed by atoms with Crippen LogP contribution in [0.25, 0.3) is 0 Å². The van der Waals surface area contributed by atoms with Crippen molar-refractivity contribution in [2.75, 3.05) is 25.0 Å². The van der Waals surface area contributed by atoms with Crippen LogP contribution in [0.5, 0.6) is 0 Å². The molecule has 2 amide bonds. The normalized spacial score (nSPS) is 12.0. The van der Waals surface area contributed by atoms with Crippen LogP contribution in [0.3, 0.4) is 0 Å². The highest BCUT2D eigenvalue weighted by Gasteiger charge is 2.21. The molecule has 1 atom stereocenters. The third kappa shape index (κ3) is 5.18. The van der Waals surface area contributed by atoms with Gasteiger partial charge in [0.25, 0.3) is 0 Å². The number of rotatable bonds is 7. The van der Waals surface area contributed by atoms with Gasteiger partial charge in [-0.15, -0.1) is 0 Å². The average molecular weight is 364 g/mol. The van der Waals surface area contributed by atoms with Crippen molar-refractivity contribution in [2.24, 2.45) is 0 Å². The zero-order chi connectivity index (χ0) is 18.2. The number of halogens is 2. The van der Waals surface area contributed by atoms with E-state index >= 15 is 0 Å². The van der Waals surface area contributed by atoms with Gasteiger partial charge in [0.2, 0.25) is 0 Å². The number of hydrogen-bond acceptors (Lipinski definition) is 2. The minimum Gasteiger partial charge on any atom is -0.336 e. The fourth-order valence-corrected chi connectivity index (χ4v) is 3.03. The number of carbonyl (C=O) groups is 1. The Morgan fingerprint density at radius 1 is 1.12 bits per heavy atom. The molecule has 0 aliphatic rings. The van der Waals surface area contributed by atoms with E-state index in [9.17, 15) is 9.18 Å². The molecule has 134 valence electrons. The first-order chi connectivity index (χ1) is 12.1. The summed E-state index contributed by atoms with van der Waals surface area (Å²) < 4.78 is 13.6. The van der Waals surface area contributed by atoms with Crippen LogP contribution in [0.1, 0.15) is 25.5 Å². The molecule has 2 aromatic rings. The summed E-state index contributed by atoms with van der Waals surface area (Å²) in [4.78, 5) is 14.4. The fraction of sp³-hybridized carbons (Fsp3) is 0.316. The zero-order valence-electron chi connectivity index (χ0n) is 14.4. The molecule has 0 radical (unpaired) electrons. The second-order valence-corrected chi connectivity index (χ2v) is 5.98. The van der Waals surface area contributed by atoms with Crippen LogP contribution in [0.2, 0.25) is 5.02 Å². The van der Waals surface area contributed by atoms with E-state index in [0.717, 1.165) is 18.7 Å². The minimum absolute atomic E-state index is 0.0601. The molecule has 0 aromatic heterocycles. The summed E-state index contributed by atoms with van der Waals surface area (Å²) in [5.74, 6) is -0.468. The van der Waals surface area contributed by atoms with Crippen LogP contribution in [-0.2, 0) is 0 Å². The monoisotopic (exact) mass is 363 g/mol. The Kier molecular flexibility index (Phi) is 7.22. The molecule has 0 bridgehead atoms. The number of nitrogens with one attached hydrogen (secondary N) is 2. The summed E-state index contributed by atoms with van der Waals surface area (Å²) in [5, 5.41) is 6.01. The molecule has 0 fully saturated rings. The molecule has 0 saturated heterocycles. The quantitative estimate of drug-likeness (QED) is 0.749. The number of anilines is 1. The summed E-state index contributed by atoms with van der Waals surface area (Å²) in [6.45, 7) is 6.14. The van der Waals surface area contributed by atoms with E-state index in [1.807, 2.05) is 24.3 Å². The molecular weight excluding hydrogens is 341 g/mol. The van der Waals surface area contributed by atoms with Crippen molar-refractivity contribution in [2.45, 2.75) is 19.9 Å². The van der Waals surface area contributed by atoms with Crippen molar-refractivity contribution in [3.8, 4) is 0 Å². The van der Waals surface area contributed by atoms with E-state index < -0.39 is 11.8 Å². The Hall–Kier alpha value is -2.11. The maximum atomic E-state index is 13.6. The fourth-order valence-electron chi connectivity index (χ4n) is 2.76. The van der Waals surface area contributed by atoms with Crippen molar-refractivity contribution >= 4 is 23.3 Å². The van der Waals surface area contributed by atoms with Crippen LogP contribution < -0.4 is 10.6 Å². The molecule has 0 spiro atoms. The molecule has 0 aliphatic carbocycles. The number of amides is 2. The first-order valence-corrected chi connectivity index (χ1v) is 8.72. The summed E-state index contributed by atoms with van der Waals surface area (Å²) >= 11 is 6.34. The molecule has 0 heterocycles. The largest absolute Gasteiger partial charge is 0.336 e. The molecular formula is C19H23ClFN3O. The first kappa shape index (κ1) is 19.2. The summed E-state index contributed by atoms with van der Waals surface area (Å²) in [7, 11) is 0. The average Bonchev–Trinajstić information content (AvgIpc) is 2.61. The van der Waals surface area contributed by atoms with E-state index in [1.54, 1.807) is 12.1 Å². The molecule has 2 N–H and O–H groups in total. The lowest BCUT2D eigenvalue weighted by Gasteiger charge is -2.30. The molecule has 1 unspecified atom stereocenters. The van der Waals surface area contributed by atoms with Gasteiger partial charge in [0.05, 0.1) is 11.7 Å². The van der Waals surface area contributed by atoms with Gasteiger partial charge in [0.15, 0.2) is 0 Å². The maximum Gasteiger partial charge on any atom is 0.319 e. The molecule has 4 nitrogen and oxygen atoms in total. The van der Waals surface area contributed by atoms with E-state index in [2.05, 4.69) is 29.4 Å². The molecule has 2 rings (SSSR count). The summed E-state index contributed by atoms with van der Waals surface area (Å²) in [6, 6.07) is 13.2. The van der Waals surface area contributed by atoms with Crippen molar-refractivity contribution < 1.29 is 9.18 Å². The SMILES string of the molecule is CCN(CC)C(CNC(=O)Nc1ccccc1F)c1ccccc1Cl. The van der Waals surface area contributed by atoms with Gasteiger partial charge in [0, 0.05) is 11.6 Å². The van der Waals surface area contributed by atoms with Gasteiger partial charge in [-0.3, -0.25) is 4.90 Å². The van der Waals surface area contributed by atoms with E-state index in [1.165, 1.54) is 12.1 Å². The highest BCUT2D eigenvalue weighted by atomic mass is 35.5. The third-order valence-corrected chi connectivity index (χ3v) is 4.44. The lowest BCUT2D eigenvalue weighted by molar-refractivity contribution is 0.210. The number of para-hydroxylation sites is 1. The van der Waals surface area contributed by atoms with Crippen molar-refractivity contribution in [1.29, 1.82) is 0 Å². The second-order valence-electron chi connectivity index (χ2n) is 5.57. The van der Waals surface area contributed by atoms with E-state index in [4.69, 9.17) is 11.6 Å². The van der Waals surface area contributed by atoms with Gasteiger partial charge in [-0.25, -0.2) is 9.18 Å². The summed E-state index contributed by atoms with van der Waals surface area (Å²) in [5.41, 5.74) is 1.11. The van der Waals surface area contributed by atoms with E-state index in [0.29, 0.717) is 11.6 Å². The molecule has 0 saturated carbocycles. The predicted octanol–water partition coefficient (Wildman–Crippen LogP) is 4.68.